The SMILES string of the molecule is COC1=C[C@]2(OC[C@@H](C(C)(C)C)O2)C(=O)C=C1. The Morgan fingerprint density at radius 3 is 2.65 bits per heavy atom. The number of allylic oxidation sites excluding steroid dienone is 1. The predicted molar refractivity (Wildman–Crippen MR) is 62.3 cm³/mol. The normalized spacial score (nSPS) is 33.1. The lowest BCUT2D eigenvalue weighted by molar-refractivity contribution is -0.168. The van der Waals surface area contributed by atoms with Crippen molar-refractivity contribution in [2.45, 2.75) is 32.7 Å². The fraction of sp³-hybridized carbons (Fsp3) is 0.615. The van der Waals surface area contributed by atoms with Gasteiger partial charge in [-0.1, -0.05) is 20.8 Å². The Bertz CT molecular complexity index is 389. The minimum Gasteiger partial charge on any atom is -0.497 e. The van der Waals surface area contributed by atoms with Crippen molar-refractivity contribution < 1.29 is 19.0 Å². The zero-order valence-electron chi connectivity index (χ0n) is 10.6. The lowest BCUT2D eigenvalue weighted by Crippen LogP contribution is -2.40. The maximum atomic E-state index is 11.9. The van der Waals surface area contributed by atoms with E-state index in [2.05, 4.69) is 20.8 Å². The number of carbonyl (C=O) groups is 1. The molecule has 0 bridgehead atoms. The second-order valence-corrected chi connectivity index (χ2v) is 5.40. The van der Waals surface area contributed by atoms with Crippen LogP contribution in [0.5, 0.6) is 0 Å². The molecule has 2 aliphatic rings. The van der Waals surface area contributed by atoms with Gasteiger partial charge in [-0.25, -0.2) is 0 Å². The highest BCUT2D eigenvalue weighted by atomic mass is 16.7. The molecule has 1 saturated heterocycles. The van der Waals surface area contributed by atoms with Crippen molar-refractivity contribution in [3.63, 3.8) is 0 Å². The summed E-state index contributed by atoms with van der Waals surface area (Å²) in [5.74, 6) is -0.887. The number of carbonyl (C=O) groups excluding carboxylic acids is 1. The molecule has 1 aliphatic heterocycles. The van der Waals surface area contributed by atoms with Gasteiger partial charge >= 0.3 is 0 Å². The highest BCUT2D eigenvalue weighted by Gasteiger charge is 2.50. The highest BCUT2D eigenvalue weighted by molar-refractivity contribution is 5.99. The molecule has 0 saturated carbocycles. The second-order valence-electron chi connectivity index (χ2n) is 5.40. The summed E-state index contributed by atoms with van der Waals surface area (Å²) in [5.41, 5.74) is -0.0635. The van der Waals surface area contributed by atoms with Gasteiger partial charge in [0.15, 0.2) is 0 Å². The van der Waals surface area contributed by atoms with Crippen molar-refractivity contribution >= 4 is 5.78 Å². The molecule has 0 unspecified atom stereocenters. The molecule has 17 heavy (non-hydrogen) atoms. The van der Waals surface area contributed by atoms with E-state index in [-0.39, 0.29) is 17.3 Å². The third-order valence-corrected chi connectivity index (χ3v) is 3.04. The van der Waals surface area contributed by atoms with Crippen molar-refractivity contribution in [3.8, 4) is 0 Å². The van der Waals surface area contributed by atoms with Crippen LogP contribution >= 0.6 is 0 Å². The van der Waals surface area contributed by atoms with Crippen LogP contribution in [-0.2, 0) is 19.0 Å². The maximum Gasteiger partial charge on any atom is 0.257 e. The van der Waals surface area contributed by atoms with Gasteiger partial charge in [-0.15, -0.1) is 0 Å². The van der Waals surface area contributed by atoms with Gasteiger partial charge < -0.3 is 14.2 Å². The topological polar surface area (TPSA) is 44.8 Å². The van der Waals surface area contributed by atoms with Crippen molar-refractivity contribution in [1.29, 1.82) is 0 Å². The van der Waals surface area contributed by atoms with Crippen molar-refractivity contribution in [2.24, 2.45) is 5.41 Å². The van der Waals surface area contributed by atoms with Crippen LogP contribution in [0.4, 0.5) is 0 Å². The first kappa shape index (κ1) is 12.3. The quantitative estimate of drug-likeness (QED) is 0.699. The Morgan fingerprint density at radius 2 is 2.12 bits per heavy atom. The standard InChI is InChI=1S/C13H18O4/c1-12(2,3)11-8-16-13(17-11)7-9(15-4)5-6-10(13)14/h5-7,11H,8H2,1-4H3/t11-,13+/m0/s1. The molecule has 0 aromatic carbocycles. The second kappa shape index (κ2) is 3.96. The summed E-state index contributed by atoms with van der Waals surface area (Å²) in [5, 5.41) is 0. The van der Waals surface area contributed by atoms with Gasteiger partial charge in [0.25, 0.3) is 5.79 Å². The number of rotatable bonds is 1. The number of methoxy groups -OCH3 is 1. The van der Waals surface area contributed by atoms with Gasteiger partial charge in [0.2, 0.25) is 5.78 Å². The van der Waals surface area contributed by atoms with Crippen molar-refractivity contribution in [1.82, 2.24) is 0 Å². The van der Waals surface area contributed by atoms with Gasteiger partial charge in [0.05, 0.1) is 19.8 Å². The summed E-state index contributed by atoms with van der Waals surface area (Å²) in [7, 11) is 1.55. The fourth-order valence-corrected chi connectivity index (χ4v) is 1.82. The van der Waals surface area contributed by atoms with E-state index in [9.17, 15) is 4.79 Å². The molecule has 0 amide bonds. The largest absolute Gasteiger partial charge is 0.497 e. The molecule has 1 aliphatic carbocycles. The van der Waals surface area contributed by atoms with Gasteiger partial charge in [0.1, 0.15) is 5.76 Å². The summed E-state index contributed by atoms with van der Waals surface area (Å²) in [6.07, 6.45) is 4.54. The first-order valence-electron chi connectivity index (χ1n) is 5.68. The van der Waals surface area contributed by atoms with Gasteiger partial charge in [-0.05, 0) is 17.6 Å². The number of ketones is 1. The molecule has 0 radical (unpaired) electrons. The molecule has 4 nitrogen and oxygen atoms in total. The average Bonchev–Trinajstić information content (AvgIpc) is 2.67. The third kappa shape index (κ3) is 2.15. The molecule has 0 aromatic heterocycles. The molecular weight excluding hydrogens is 220 g/mol. The number of hydrogen-bond acceptors (Lipinski definition) is 4. The van der Waals surface area contributed by atoms with Crippen LogP contribution in [0, 0.1) is 5.41 Å². The van der Waals surface area contributed by atoms with Crippen LogP contribution < -0.4 is 0 Å². The van der Waals surface area contributed by atoms with E-state index in [0.29, 0.717) is 12.4 Å². The monoisotopic (exact) mass is 238 g/mol. The molecule has 0 aromatic rings. The van der Waals surface area contributed by atoms with Crippen LogP contribution in [0.2, 0.25) is 0 Å². The molecule has 2 atom stereocenters. The van der Waals surface area contributed by atoms with Crippen LogP contribution in [0.15, 0.2) is 24.0 Å². The zero-order chi connectivity index (χ0) is 12.7. The van der Waals surface area contributed by atoms with E-state index < -0.39 is 5.79 Å². The Hall–Kier alpha value is -1.13. The third-order valence-electron chi connectivity index (χ3n) is 3.04. The first-order valence-corrected chi connectivity index (χ1v) is 5.68. The molecule has 0 N–H and O–H groups in total. The predicted octanol–water partition coefficient (Wildman–Crippen LogP) is 1.81. The van der Waals surface area contributed by atoms with E-state index in [0.717, 1.165) is 0 Å². The molecule has 1 spiro atoms. The average molecular weight is 238 g/mol. The van der Waals surface area contributed by atoms with Crippen molar-refractivity contribution in [3.05, 3.63) is 24.0 Å². The van der Waals surface area contributed by atoms with Gasteiger partial charge in [-0.3, -0.25) is 4.79 Å². The summed E-state index contributed by atoms with van der Waals surface area (Å²) >= 11 is 0. The molecule has 94 valence electrons. The maximum absolute atomic E-state index is 11.9. The Balaban J connectivity index is 2.24. The van der Waals surface area contributed by atoms with Gasteiger partial charge in [-0.2, -0.15) is 0 Å². The smallest absolute Gasteiger partial charge is 0.257 e. The van der Waals surface area contributed by atoms with Gasteiger partial charge in [0, 0.05) is 6.08 Å². The first-order chi connectivity index (χ1) is 7.87. The fourth-order valence-electron chi connectivity index (χ4n) is 1.82. The molecule has 1 fully saturated rings. The van der Waals surface area contributed by atoms with Crippen LogP contribution in [-0.4, -0.2) is 31.4 Å². The lowest BCUT2D eigenvalue weighted by atomic mass is 9.90. The van der Waals surface area contributed by atoms with Crippen LogP contribution in [0.1, 0.15) is 20.8 Å². The van der Waals surface area contributed by atoms with Crippen LogP contribution in [0.25, 0.3) is 0 Å². The summed E-state index contributed by atoms with van der Waals surface area (Å²) in [4.78, 5) is 11.9. The summed E-state index contributed by atoms with van der Waals surface area (Å²) in [6.45, 7) is 6.59. The van der Waals surface area contributed by atoms with Crippen LogP contribution in [0.3, 0.4) is 0 Å². The Morgan fingerprint density at radius 1 is 1.41 bits per heavy atom. The molecule has 4 heteroatoms. The Labute approximate surface area is 101 Å². The summed E-state index contributed by atoms with van der Waals surface area (Å²) in [6, 6.07) is 0. The van der Waals surface area contributed by atoms with Crippen molar-refractivity contribution in [2.75, 3.05) is 13.7 Å². The number of ether oxygens (including phenoxy) is 3. The van der Waals surface area contributed by atoms with E-state index in [1.807, 2.05) is 0 Å². The summed E-state index contributed by atoms with van der Waals surface area (Å²) < 4.78 is 16.5. The zero-order valence-corrected chi connectivity index (χ0v) is 10.6. The highest BCUT2D eigenvalue weighted by Crippen LogP contribution is 2.37. The Kier molecular flexibility index (Phi) is 2.87. The van der Waals surface area contributed by atoms with E-state index in [1.165, 1.54) is 6.08 Å². The lowest BCUT2D eigenvalue weighted by Gasteiger charge is -2.29. The minimum absolute atomic E-state index is 0.0635. The van der Waals surface area contributed by atoms with E-state index in [1.54, 1.807) is 19.3 Å². The molecule has 1 heterocycles. The minimum atomic E-state index is -1.28. The number of hydrogen-bond donors (Lipinski definition) is 0. The van der Waals surface area contributed by atoms with E-state index >= 15 is 0 Å². The molecular formula is C13H18O4. The van der Waals surface area contributed by atoms with E-state index in [4.69, 9.17) is 14.2 Å². The molecule has 2 rings (SSSR count).